The van der Waals surface area contributed by atoms with Crippen LogP contribution in [0.15, 0.2) is 18.2 Å². The zero-order valence-corrected chi connectivity index (χ0v) is 14.3. The number of anilines is 1. The Morgan fingerprint density at radius 3 is 2.67 bits per heavy atom. The summed E-state index contributed by atoms with van der Waals surface area (Å²) in [5.41, 5.74) is 2.75. The minimum Gasteiger partial charge on any atom is -0.443 e. The van der Waals surface area contributed by atoms with Crippen LogP contribution in [0.4, 0.5) is 10.5 Å². The van der Waals surface area contributed by atoms with Crippen LogP contribution in [-0.4, -0.2) is 24.8 Å². The number of hydrogen-bond acceptors (Lipinski definition) is 3. The molecule has 5 heteroatoms. The van der Waals surface area contributed by atoms with Crippen LogP contribution in [0.3, 0.4) is 0 Å². The van der Waals surface area contributed by atoms with E-state index in [1.54, 1.807) is 4.90 Å². The first-order chi connectivity index (χ1) is 9.66. The van der Waals surface area contributed by atoms with Gasteiger partial charge in [-0.05, 0) is 51.1 Å². The molecule has 0 bridgehead atoms. The van der Waals surface area contributed by atoms with Gasteiger partial charge in [-0.1, -0.05) is 24.6 Å². The Morgan fingerprint density at radius 1 is 1.43 bits per heavy atom. The Labute approximate surface area is 133 Å². The van der Waals surface area contributed by atoms with Crippen LogP contribution in [0.2, 0.25) is 0 Å². The molecule has 2 rings (SSSR count). The van der Waals surface area contributed by atoms with Gasteiger partial charge in [0.25, 0.3) is 0 Å². The summed E-state index contributed by atoms with van der Waals surface area (Å²) in [6.07, 6.45) is 0.556. The van der Waals surface area contributed by atoms with Crippen LogP contribution in [0.25, 0.3) is 0 Å². The molecule has 1 radical (unpaired) electrons. The van der Waals surface area contributed by atoms with Gasteiger partial charge in [0.15, 0.2) is 6.56 Å². The molecule has 1 aromatic carbocycles. The summed E-state index contributed by atoms with van der Waals surface area (Å²) in [6, 6.07) is 6.17. The predicted octanol–water partition coefficient (Wildman–Crippen LogP) is 3.90. The Morgan fingerprint density at radius 2 is 2.10 bits per heavy atom. The molecule has 0 aromatic heterocycles. The summed E-state index contributed by atoms with van der Waals surface area (Å²) in [7, 11) is 0. The molecule has 1 atom stereocenters. The number of rotatable bonds is 1. The van der Waals surface area contributed by atoms with Gasteiger partial charge in [0.2, 0.25) is 0 Å². The number of ether oxygens (including phenoxy) is 1. The van der Waals surface area contributed by atoms with E-state index < -0.39 is 5.60 Å². The first-order valence-corrected chi connectivity index (χ1v) is 7.78. The maximum atomic E-state index is 12.4. The number of benzene rings is 1. The summed E-state index contributed by atoms with van der Waals surface area (Å²) >= 11 is 4.40. The first-order valence-electron chi connectivity index (χ1n) is 7.26. The topological polar surface area (TPSA) is 29.5 Å². The van der Waals surface area contributed by atoms with Gasteiger partial charge in [-0.15, -0.1) is 0 Å². The van der Waals surface area contributed by atoms with Crippen LogP contribution in [-0.2, 0) is 10.1 Å². The molecule has 1 amide bonds. The van der Waals surface area contributed by atoms with Gasteiger partial charge in [-0.25, -0.2) is 17.3 Å². The standard InChI is InChI=1S/C16H23BNO2S/c1-11-6-7-13-12(10-11)16(5,17-21)8-9-18(13)14(19)20-15(2,3)4/h6-7,10,21H,8-9H2,1-5H3. The molecule has 3 nitrogen and oxygen atoms in total. The number of thiol groups is 1. The summed E-state index contributed by atoms with van der Waals surface area (Å²) in [6.45, 7) is 12.4. The molecule has 1 aromatic rings. The van der Waals surface area contributed by atoms with E-state index in [4.69, 9.17) is 4.74 Å². The second-order valence-corrected chi connectivity index (χ2v) is 7.21. The molecular weight excluding hydrogens is 281 g/mol. The van der Waals surface area contributed by atoms with E-state index in [0.717, 1.165) is 17.7 Å². The van der Waals surface area contributed by atoms with Crippen LogP contribution >= 0.6 is 12.5 Å². The smallest absolute Gasteiger partial charge is 0.414 e. The molecule has 0 N–H and O–H groups in total. The van der Waals surface area contributed by atoms with Crippen molar-refractivity contribution in [3.05, 3.63) is 29.3 Å². The monoisotopic (exact) mass is 304 g/mol. The highest BCUT2D eigenvalue weighted by Gasteiger charge is 2.38. The van der Waals surface area contributed by atoms with Crippen molar-refractivity contribution in [2.24, 2.45) is 0 Å². The van der Waals surface area contributed by atoms with Crippen molar-refractivity contribution in [1.82, 2.24) is 0 Å². The van der Waals surface area contributed by atoms with Gasteiger partial charge in [0, 0.05) is 6.54 Å². The molecule has 1 aliphatic rings. The van der Waals surface area contributed by atoms with Crippen LogP contribution in [0, 0.1) is 6.92 Å². The van der Waals surface area contributed by atoms with E-state index in [-0.39, 0.29) is 11.4 Å². The fourth-order valence-electron chi connectivity index (χ4n) is 2.58. The Hall–Kier alpha value is -1.10. The van der Waals surface area contributed by atoms with Crippen molar-refractivity contribution in [1.29, 1.82) is 0 Å². The Balaban J connectivity index is 2.41. The summed E-state index contributed by atoms with van der Waals surface area (Å²) in [5, 5.41) is -0.122. The average molecular weight is 304 g/mol. The number of fused-ring (bicyclic) bond motifs is 1. The third-order valence-electron chi connectivity index (χ3n) is 3.81. The molecular formula is C16H23BNO2S. The molecule has 0 saturated heterocycles. The molecule has 21 heavy (non-hydrogen) atoms. The van der Waals surface area contributed by atoms with Gasteiger partial charge in [-0.3, -0.25) is 4.90 Å². The van der Waals surface area contributed by atoms with E-state index in [2.05, 4.69) is 32.4 Å². The van der Waals surface area contributed by atoms with Crippen molar-refractivity contribution < 1.29 is 9.53 Å². The summed E-state index contributed by atoms with van der Waals surface area (Å²) < 4.78 is 5.52. The lowest BCUT2D eigenvalue weighted by Crippen LogP contribution is -2.45. The van der Waals surface area contributed by atoms with E-state index in [0.29, 0.717) is 6.54 Å². The Bertz CT molecular complexity index is 556. The quantitative estimate of drug-likeness (QED) is 0.630. The largest absolute Gasteiger partial charge is 0.443 e. The van der Waals surface area contributed by atoms with Gasteiger partial charge < -0.3 is 4.74 Å². The Kier molecular flexibility index (Phi) is 4.34. The average Bonchev–Trinajstić information content (AvgIpc) is 2.37. The number of carbonyl (C=O) groups excluding carboxylic acids is 1. The third-order valence-corrected chi connectivity index (χ3v) is 4.38. The molecule has 113 valence electrons. The molecule has 1 heterocycles. The number of amides is 1. The predicted molar refractivity (Wildman–Crippen MR) is 91.5 cm³/mol. The van der Waals surface area contributed by atoms with Crippen molar-refractivity contribution in [2.45, 2.75) is 52.0 Å². The normalized spacial score (nSPS) is 21.7. The fourth-order valence-corrected chi connectivity index (χ4v) is 2.85. The van der Waals surface area contributed by atoms with Gasteiger partial charge in [0.05, 0.1) is 5.69 Å². The van der Waals surface area contributed by atoms with Crippen molar-refractivity contribution in [2.75, 3.05) is 11.4 Å². The lowest BCUT2D eigenvalue weighted by molar-refractivity contribution is 0.0576. The van der Waals surface area contributed by atoms with Crippen LogP contribution in [0.5, 0.6) is 0 Å². The van der Waals surface area contributed by atoms with E-state index in [1.807, 2.05) is 39.5 Å². The van der Waals surface area contributed by atoms with E-state index >= 15 is 0 Å². The van der Waals surface area contributed by atoms with Gasteiger partial charge in [0.1, 0.15) is 5.60 Å². The van der Waals surface area contributed by atoms with Gasteiger partial charge >= 0.3 is 6.09 Å². The number of carbonyl (C=O) groups is 1. The van der Waals surface area contributed by atoms with E-state index in [1.165, 1.54) is 5.56 Å². The lowest BCUT2D eigenvalue weighted by atomic mass is 9.60. The number of nitrogens with zero attached hydrogens (tertiary/aromatic N) is 1. The SMILES string of the molecule is Cc1ccc2c(c1)C(C)([B]S)CCN2C(=O)OC(C)(C)C. The molecule has 0 aliphatic carbocycles. The minimum absolute atomic E-state index is 0.122. The highest BCUT2D eigenvalue weighted by Crippen LogP contribution is 2.40. The number of aryl methyl sites for hydroxylation is 1. The van der Waals surface area contributed by atoms with E-state index in [9.17, 15) is 4.79 Å². The third kappa shape index (κ3) is 3.39. The minimum atomic E-state index is -0.488. The summed E-state index contributed by atoms with van der Waals surface area (Å²) in [5.74, 6) is 0. The second-order valence-electron chi connectivity index (χ2n) is 6.95. The van der Waals surface area contributed by atoms with Crippen LogP contribution < -0.4 is 4.90 Å². The lowest BCUT2D eigenvalue weighted by Gasteiger charge is -2.40. The van der Waals surface area contributed by atoms with Crippen LogP contribution in [0.1, 0.15) is 45.2 Å². The first kappa shape index (κ1) is 16.3. The molecule has 0 saturated carbocycles. The maximum Gasteiger partial charge on any atom is 0.414 e. The summed E-state index contributed by atoms with van der Waals surface area (Å²) in [4.78, 5) is 14.2. The zero-order valence-electron chi connectivity index (χ0n) is 13.4. The van der Waals surface area contributed by atoms with Crippen molar-refractivity contribution in [3.63, 3.8) is 0 Å². The molecule has 1 aliphatic heterocycles. The molecule has 0 fully saturated rings. The van der Waals surface area contributed by atoms with Crippen molar-refractivity contribution in [3.8, 4) is 0 Å². The zero-order chi connectivity index (χ0) is 15.8. The maximum absolute atomic E-state index is 12.4. The second kappa shape index (κ2) is 5.60. The van der Waals surface area contributed by atoms with Gasteiger partial charge in [-0.2, -0.15) is 0 Å². The fraction of sp³-hybridized carbons (Fsp3) is 0.562. The highest BCUT2D eigenvalue weighted by atomic mass is 32.1. The number of hydrogen-bond donors (Lipinski definition) is 1. The molecule has 1 unspecified atom stereocenters. The van der Waals surface area contributed by atoms with Crippen molar-refractivity contribution >= 4 is 30.8 Å². The highest BCUT2D eigenvalue weighted by molar-refractivity contribution is 8.07. The molecule has 0 spiro atoms.